The molecule has 0 aliphatic carbocycles. The van der Waals surface area contributed by atoms with E-state index in [-0.39, 0.29) is 35.8 Å². The Balaban J connectivity index is 1.36. The minimum atomic E-state index is -0.406. The van der Waals surface area contributed by atoms with E-state index < -0.39 is 5.91 Å². The number of amides is 3. The van der Waals surface area contributed by atoms with Crippen LogP contribution in [0.1, 0.15) is 11.1 Å². The molecule has 0 saturated carbocycles. The molecule has 1 aliphatic heterocycles. The summed E-state index contributed by atoms with van der Waals surface area (Å²) in [6.07, 6.45) is 1.60. The highest BCUT2D eigenvalue weighted by atomic mass is 35.5. The number of aryl methyl sites for hydroxylation is 1. The van der Waals surface area contributed by atoms with Crippen molar-refractivity contribution in [2.75, 3.05) is 25.1 Å². The average molecular weight is 523 g/mol. The van der Waals surface area contributed by atoms with E-state index in [9.17, 15) is 14.4 Å². The number of hydrogen-bond acceptors (Lipinski definition) is 6. The van der Waals surface area contributed by atoms with Crippen LogP contribution in [0.5, 0.6) is 11.5 Å². The van der Waals surface area contributed by atoms with E-state index in [2.05, 4.69) is 5.32 Å². The number of ether oxygens (including phenoxy) is 2. The Morgan fingerprint density at radius 2 is 1.81 bits per heavy atom. The van der Waals surface area contributed by atoms with Crippen LogP contribution in [0.3, 0.4) is 0 Å². The van der Waals surface area contributed by atoms with Gasteiger partial charge in [-0.15, -0.1) is 0 Å². The Morgan fingerprint density at radius 3 is 2.58 bits per heavy atom. The molecule has 184 valence electrons. The normalized spacial score (nSPS) is 14.3. The highest BCUT2D eigenvalue weighted by molar-refractivity contribution is 8.18. The molecule has 4 rings (SSSR count). The van der Waals surface area contributed by atoms with Crippen molar-refractivity contribution in [3.05, 3.63) is 93.9 Å². The number of nitrogens with one attached hydrogen (secondary N) is 1. The molecule has 9 heteroatoms. The van der Waals surface area contributed by atoms with Crippen LogP contribution in [0.2, 0.25) is 5.02 Å². The topological polar surface area (TPSA) is 84.9 Å². The monoisotopic (exact) mass is 522 g/mol. The van der Waals surface area contributed by atoms with E-state index in [4.69, 9.17) is 21.1 Å². The number of carbonyl (C=O) groups is 3. The van der Waals surface area contributed by atoms with Crippen molar-refractivity contribution in [1.82, 2.24) is 4.90 Å². The van der Waals surface area contributed by atoms with E-state index in [1.54, 1.807) is 60.7 Å². The maximum atomic E-state index is 12.9. The number of hydrogen-bond donors (Lipinski definition) is 1. The van der Waals surface area contributed by atoms with Gasteiger partial charge >= 0.3 is 0 Å². The van der Waals surface area contributed by atoms with Crippen LogP contribution in [-0.2, 0) is 9.59 Å². The van der Waals surface area contributed by atoms with Crippen LogP contribution in [0.25, 0.3) is 6.08 Å². The minimum Gasteiger partial charge on any atom is -0.492 e. The van der Waals surface area contributed by atoms with E-state index in [1.165, 1.54) is 0 Å². The van der Waals surface area contributed by atoms with E-state index in [0.29, 0.717) is 27.8 Å². The standard InChI is InChI=1S/C27H23ClN2O5S/c1-18-5-4-7-21(15-18)29-25(31)17-35-23-8-3-2-6-19(23)16-24-26(32)30(27(33)36-24)13-14-34-22-11-9-20(28)10-12-22/h2-12,15-16H,13-14,17H2,1H3,(H,29,31)/b24-16-. The molecule has 0 unspecified atom stereocenters. The first kappa shape index (κ1) is 25.3. The molecule has 1 heterocycles. The summed E-state index contributed by atoms with van der Waals surface area (Å²) >= 11 is 6.72. The summed E-state index contributed by atoms with van der Waals surface area (Å²) in [6, 6.07) is 21.3. The van der Waals surface area contributed by atoms with Gasteiger partial charge in [-0.05, 0) is 72.8 Å². The van der Waals surface area contributed by atoms with Gasteiger partial charge in [0.1, 0.15) is 18.1 Å². The van der Waals surface area contributed by atoms with Gasteiger partial charge in [-0.3, -0.25) is 19.3 Å². The fourth-order valence-electron chi connectivity index (χ4n) is 3.41. The number of thioether (sulfide) groups is 1. The highest BCUT2D eigenvalue weighted by Crippen LogP contribution is 2.34. The first-order chi connectivity index (χ1) is 17.4. The van der Waals surface area contributed by atoms with Crippen LogP contribution in [0.15, 0.2) is 77.7 Å². The van der Waals surface area contributed by atoms with Gasteiger partial charge in [0.25, 0.3) is 17.1 Å². The number of imide groups is 1. The molecule has 0 bridgehead atoms. The molecular formula is C27H23ClN2O5S. The van der Waals surface area contributed by atoms with Gasteiger partial charge in [0.05, 0.1) is 11.4 Å². The molecule has 7 nitrogen and oxygen atoms in total. The van der Waals surface area contributed by atoms with Crippen LogP contribution in [0.4, 0.5) is 10.5 Å². The van der Waals surface area contributed by atoms with Crippen molar-refractivity contribution in [2.24, 2.45) is 0 Å². The predicted octanol–water partition coefficient (Wildman–Crippen LogP) is 5.78. The molecule has 3 aromatic rings. The number of benzene rings is 3. The first-order valence-electron chi connectivity index (χ1n) is 11.1. The zero-order chi connectivity index (χ0) is 25.5. The fourth-order valence-corrected chi connectivity index (χ4v) is 4.40. The lowest BCUT2D eigenvalue weighted by molar-refractivity contribution is -0.123. The summed E-state index contributed by atoms with van der Waals surface area (Å²) < 4.78 is 11.3. The van der Waals surface area contributed by atoms with Gasteiger partial charge in [0, 0.05) is 16.3 Å². The van der Waals surface area contributed by atoms with Gasteiger partial charge in [-0.1, -0.05) is 41.9 Å². The maximum absolute atomic E-state index is 12.9. The Morgan fingerprint density at radius 1 is 1.03 bits per heavy atom. The summed E-state index contributed by atoms with van der Waals surface area (Å²) in [5.74, 6) is 0.308. The van der Waals surface area contributed by atoms with Gasteiger partial charge in [-0.2, -0.15) is 0 Å². The number of carbonyl (C=O) groups excluding carboxylic acids is 3. The molecule has 1 aliphatic rings. The Bertz CT molecular complexity index is 1310. The van der Waals surface area contributed by atoms with Gasteiger partial charge in [-0.25, -0.2) is 0 Å². The van der Waals surface area contributed by atoms with Crippen molar-refractivity contribution in [2.45, 2.75) is 6.92 Å². The van der Waals surface area contributed by atoms with Crippen molar-refractivity contribution in [3.63, 3.8) is 0 Å². The molecule has 3 aromatic carbocycles. The van der Waals surface area contributed by atoms with Crippen LogP contribution in [-0.4, -0.2) is 41.7 Å². The molecule has 0 aromatic heterocycles. The molecular weight excluding hydrogens is 500 g/mol. The second-order valence-electron chi connectivity index (χ2n) is 7.88. The largest absolute Gasteiger partial charge is 0.492 e. The number of halogens is 1. The van der Waals surface area contributed by atoms with Crippen molar-refractivity contribution < 1.29 is 23.9 Å². The number of nitrogens with zero attached hydrogens (tertiary/aromatic N) is 1. The summed E-state index contributed by atoms with van der Waals surface area (Å²) in [7, 11) is 0. The SMILES string of the molecule is Cc1cccc(NC(=O)COc2ccccc2/C=C2\SC(=O)N(CCOc3ccc(Cl)cc3)C2=O)c1. The average Bonchev–Trinajstić information content (AvgIpc) is 3.12. The van der Waals surface area contributed by atoms with Crippen molar-refractivity contribution in [1.29, 1.82) is 0 Å². The quantitative estimate of drug-likeness (QED) is 0.358. The van der Waals surface area contributed by atoms with Gasteiger partial charge < -0.3 is 14.8 Å². The fraction of sp³-hybridized carbons (Fsp3) is 0.148. The molecule has 1 N–H and O–H groups in total. The number of anilines is 1. The van der Waals surface area contributed by atoms with E-state index in [1.807, 2.05) is 25.1 Å². The molecule has 1 fully saturated rings. The van der Waals surface area contributed by atoms with E-state index in [0.717, 1.165) is 22.2 Å². The number of para-hydroxylation sites is 1. The third kappa shape index (κ3) is 6.68. The van der Waals surface area contributed by atoms with Crippen LogP contribution < -0.4 is 14.8 Å². The molecule has 0 spiro atoms. The summed E-state index contributed by atoms with van der Waals surface area (Å²) in [6.45, 7) is 2.00. The third-order valence-electron chi connectivity index (χ3n) is 5.14. The lowest BCUT2D eigenvalue weighted by atomic mass is 10.2. The highest BCUT2D eigenvalue weighted by Gasteiger charge is 2.35. The van der Waals surface area contributed by atoms with E-state index >= 15 is 0 Å². The predicted molar refractivity (Wildman–Crippen MR) is 141 cm³/mol. The minimum absolute atomic E-state index is 0.113. The number of rotatable bonds is 9. The maximum Gasteiger partial charge on any atom is 0.293 e. The zero-order valence-electron chi connectivity index (χ0n) is 19.4. The summed E-state index contributed by atoms with van der Waals surface area (Å²) in [4.78, 5) is 39.0. The first-order valence-corrected chi connectivity index (χ1v) is 12.3. The second kappa shape index (κ2) is 11.8. The van der Waals surface area contributed by atoms with Crippen molar-refractivity contribution in [3.8, 4) is 11.5 Å². The van der Waals surface area contributed by atoms with Crippen molar-refractivity contribution >= 4 is 52.2 Å². The summed E-state index contributed by atoms with van der Waals surface area (Å²) in [5, 5.41) is 3.01. The van der Waals surface area contributed by atoms with Gasteiger partial charge in [0.2, 0.25) is 0 Å². The van der Waals surface area contributed by atoms with Crippen LogP contribution >= 0.6 is 23.4 Å². The molecule has 1 saturated heterocycles. The van der Waals surface area contributed by atoms with Gasteiger partial charge in [0.15, 0.2) is 6.61 Å². The molecule has 36 heavy (non-hydrogen) atoms. The third-order valence-corrected chi connectivity index (χ3v) is 6.30. The Hall–Kier alpha value is -3.75. The second-order valence-corrected chi connectivity index (χ2v) is 9.31. The molecule has 0 atom stereocenters. The lowest BCUT2D eigenvalue weighted by Crippen LogP contribution is -2.32. The molecule has 3 amide bonds. The Kier molecular flexibility index (Phi) is 8.30. The summed E-state index contributed by atoms with van der Waals surface area (Å²) in [5.41, 5.74) is 2.30. The lowest BCUT2D eigenvalue weighted by Gasteiger charge is -2.13. The molecule has 0 radical (unpaired) electrons. The Labute approximate surface area is 218 Å². The zero-order valence-corrected chi connectivity index (χ0v) is 21.0. The van der Waals surface area contributed by atoms with Crippen LogP contribution in [0, 0.1) is 6.92 Å². The smallest absolute Gasteiger partial charge is 0.293 e.